The number of amides is 3. The minimum absolute atomic E-state index is 0.0372. The average molecular weight is 356 g/mol. The summed E-state index contributed by atoms with van der Waals surface area (Å²) in [5, 5.41) is 12.8. The molecule has 0 aliphatic rings. The SMILES string of the molecule is O=C(Nc1ccccc1)Nc1snnc1C(=O)NN=Cc1ccco1. The smallest absolute Gasteiger partial charge is 0.324 e. The fraction of sp³-hybridized carbons (Fsp3) is 0. The van der Waals surface area contributed by atoms with E-state index in [2.05, 4.69) is 30.7 Å². The fourth-order valence-electron chi connectivity index (χ4n) is 1.78. The molecule has 0 aliphatic carbocycles. The molecule has 0 saturated heterocycles. The summed E-state index contributed by atoms with van der Waals surface area (Å²) in [6.07, 6.45) is 2.83. The molecule has 0 unspecified atom stereocenters. The van der Waals surface area contributed by atoms with Crippen LogP contribution in [0.4, 0.5) is 15.5 Å². The first-order valence-corrected chi connectivity index (χ1v) is 7.82. The summed E-state index contributed by atoms with van der Waals surface area (Å²) in [5.74, 6) is -0.121. The summed E-state index contributed by atoms with van der Waals surface area (Å²) < 4.78 is 8.73. The molecule has 126 valence electrons. The maximum absolute atomic E-state index is 12.1. The Bertz CT molecular complexity index is 876. The summed E-state index contributed by atoms with van der Waals surface area (Å²) in [6.45, 7) is 0. The largest absolute Gasteiger partial charge is 0.463 e. The van der Waals surface area contributed by atoms with Gasteiger partial charge in [0.25, 0.3) is 5.91 Å². The van der Waals surface area contributed by atoms with Crippen molar-refractivity contribution < 1.29 is 14.0 Å². The minimum atomic E-state index is -0.605. The summed E-state index contributed by atoms with van der Waals surface area (Å²) in [7, 11) is 0. The van der Waals surface area contributed by atoms with Crippen LogP contribution in [0.25, 0.3) is 0 Å². The van der Waals surface area contributed by atoms with E-state index in [1.54, 1.807) is 36.4 Å². The topological polar surface area (TPSA) is 122 Å². The van der Waals surface area contributed by atoms with Crippen LogP contribution >= 0.6 is 11.5 Å². The fourth-order valence-corrected chi connectivity index (χ4v) is 2.34. The standard InChI is InChI=1S/C15H12N6O3S/c22-13(20-16-9-11-7-4-8-24-11)12-14(25-21-19-12)18-15(23)17-10-5-2-1-3-6-10/h1-9H,(H,20,22)(H2,17,18,23). The van der Waals surface area contributed by atoms with Crippen molar-refractivity contribution in [2.24, 2.45) is 5.10 Å². The van der Waals surface area contributed by atoms with Gasteiger partial charge in [0.1, 0.15) is 5.76 Å². The summed E-state index contributed by atoms with van der Waals surface area (Å²) in [4.78, 5) is 24.1. The predicted octanol–water partition coefficient (Wildman–Crippen LogP) is 2.54. The summed E-state index contributed by atoms with van der Waals surface area (Å²) in [6, 6.07) is 11.8. The molecular weight excluding hydrogens is 344 g/mol. The molecule has 0 saturated carbocycles. The second kappa shape index (κ2) is 7.84. The Morgan fingerprint density at radius 2 is 1.96 bits per heavy atom. The van der Waals surface area contributed by atoms with Crippen LogP contribution in [-0.2, 0) is 0 Å². The van der Waals surface area contributed by atoms with Crippen LogP contribution < -0.4 is 16.1 Å². The quantitative estimate of drug-likeness (QED) is 0.479. The zero-order valence-corrected chi connectivity index (χ0v) is 13.5. The lowest BCUT2D eigenvalue weighted by Gasteiger charge is -2.06. The number of hydrogen-bond donors (Lipinski definition) is 3. The van der Waals surface area contributed by atoms with Gasteiger partial charge in [0.2, 0.25) is 0 Å². The Morgan fingerprint density at radius 3 is 2.72 bits per heavy atom. The van der Waals surface area contributed by atoms with Gasteiger partial charge in [0, 0.05) is 17.2 Å². The lowest BCUT2D eigenvalue weighted by molar-refractivity contribution is 0.0951. The Kier molecular flexibility index (Phi) is 5.12. The molecule has 0 bridgehead atoms. The van der Waals surface area contributed by atoms with Crippen molar-refractivity contribution in [1.29, 1.82) is 0 Å². The molecule has 3 aromatic rings. The maximum Gasteiger partial charge on any atom is 0.324 e. The molecule has 0 atom stereocenters. The zero-order chi connectivity index (χ0) is 17.5. The maximum atomic E-state index is 12.1. The Labute approximate surface area is 145 Å². The van der Waals surface area contributed by atoms with Crippen LogP contribution in [-0.4, -0.2) is 27.7 Å². The minimum Gasteiger partial charge on any atom is -0.463 e. The normalized spacial score (nSPS) is 10.6. The molecule has 9 nitrogen and oxygen atoms in total. The third-order valence-corrected chi connectivity index (χ3v) is 3.50. The number of carbonyl (C=O) groups is 2. The molecule has 3 amide bonds. The highest BCUT2D eigenvalue weighted by Crippen LogP contribution is 2.18. The van der Waals surface area contributed by atoms with Crippen molar-refractivity contribution >= 4 is 40.4 Å². The van der Waals surface area contributed by atoms with Gasteiger partial charge in [0.15, 0.2) is 10.7 Å². The van der Waals surface area contributed by atoms with Crippen LogP contribution in [0.1, 0.15) is 16.2 Å². The van der Waals surface area contributed by atoms with E-state index in [0.717, 1.165) is 11.5 Å². The molecule has 2 aromatic heterocycles. The Hall–Kier alpha value is -3.53. The molecule has 0 spiro atoms. The first kappa shape index (κ1) is 16.3. The van der Waals surface area contributed by atoms with Crippen molar-refractivity contribution in [3.8, 4) is 0 Å². The van der Waals surface area contributed by atoms with Crippen molar-refractivity contribution in [2.45, 2.75) is 0 Å². The second-order valence-electron chi connectivity index (χ2n) is 4.61. The van der Waals surface area contributed by atoms with Gasteiger partial charge in [-0.1, -0.05) is 22.7 Å². The van der Waals surface area contributed by atoms with Crippen LogP contribution in [0.5, 0.6) is 0 Å². The van der Waals surface area contributed by atoms with E-state index in [9.17, 15) is 9.59 Å². The van der Waals surface area contributed by atoms with Gasteiger partial charge in [-0.2, -0.15) is 5.10 Å². The van der Waals surface area contributed by atoms with E-state index < -0.39 is 11.9 Å². The molecule has 3 N–H and O–H groups in total. The first-order chi connectivity index (χ1) is 12.2. The highest BCUT2D eigenvalue weighted by atomic mass is 32.1. The van der Waals surface area contributed by atoms with E-state index >= 15 is 0 Å². The number of hydrogen-bond acceptors (Lipinski definition) is 7. The molecule has 10 heteroatoms. The van der Waals surface area contributed by atoms with Gasteiger partial charge in [-0.15, -0.1) is 5.10 Å². The molecule has 3 rings (SSSR count). The molecule has 0 aliphatic heterocycles. The number of urea groups is 1. The van der Waals surface area contributed by atoms with Crippen LogP contribution in [0.3, 0.4) is 0 Å². The number of aromatic nitrogens is 2. The van der Waals surface area contributed by atoms with E-state index in [-0.39, 0.29) is 10.7 Å². The van der Waals surface area contributed by atoms with Crippen molar-refractivity contribution in [3.05, 3.63) is 60.2 Å². The number of para-hydroxylation sites is 1. The molecule has 25 heavy (non-hydrogen) atoms. The number of anilines is 2. The van der Waals surface area contributed by atoms with E-state index in [1.807, 2.05) is 6.07 Å². The number of rotatable bonds is 5. The highest BCUT2D eigenvalue weighted by Gasteiger charge is 2.18. The zero-order valence-electron chi connectivity index (χ0n) is 12.7. The molecule has 0 radical (unpaired) electrons. The van der Waals surface area contributed by atoms with Crippen LogP contribution in [0.15, 0.2) is 58.2 Å². The third-order valence-electron chi connectivity index (χ3n) is 2.86. The average Bonchev–Trinajstić information content (AvgIpc) is 3.27. The van der Waals surface area contributed by atoms with Gasteiger partial charge in [-0.05, 0) is 24.3 Å². The van der Waals surface area contributed by atoms with Gasteiger partial charge in [0.05, 0.1) is 12.5 Å². The summed E-state index contributed by atoms with van der Waals surface area (Å²) in [5.41, 5.74) is 2.87. The molecular formula is C15H12N6O3S. The molecule has 2 heterocycles. The second-order valence-corrected chi connectivity index (χ2v) is 5.36. The van der Waals surface area contributed by atoms with Crippen molar-refractivity contribution in [3.63, 3.8) is 0 Å². The van der Waals surface area contributed by atoms with Crippen LogP contribution in [0.2, 0.25) is 0 Å². The number of nitrogens with zero attached hydrogens (tertiary/aromatic N) is 3. The van der Waals surface area contributed by atoms with Gasteiger partial charge in [-0.3, -0.25) is 10.1 Å². The lowest BCUT2D eigenvalue weighted by Crippen LogP contribution is -2.23. The van der Waals surface area contributed by atoms with E-state index in [0.29, 0.717) is 11.4 Å². The Morgan fingerprint density at radius 1 is 1.12 bits per heavy atom. The summed E-state index contributed by atoms with van der Waals surface area (Å²) >= 11 is 0.884. The monoisotopic (exact) mass is 356 g/mol. The lowest BCUT2D eigenvalue weighted by atomic mass is 10.3. The van der Waals surface area contributed by atoms with Crippen molar-refractivity contribution in [1.82, 2.24) is 15.0 Å². The van der Waals surface area contributed by atoms with Gasteiger partial charge in [-0.25, -0.2) is 10.2 Å². The predicted molar refractivity (Wildman–Crippen MR) is 92.8 cm³/mol. The van der Waals surface area contributed by atoms with Crippen LogP contribution in [0, 0.1) is 0 Å². The molecule has 0 fully saturated rings. The van der Waals surface area contributed by atoms with Gasteiger partial charge >= 0.3 is 6.03 Å². The first-order valence-electron chi connectivity index (χ1n) is 7.04. The van der Waals surface area contributed by atoms with Gasteiger partial charge < -0.3 is 9.73 Å². The van der Waals surface area contributed by atoms with E-state index in [1.165, 1.54) is 12.5 Å². The number of carbonyl (C=O) groups excluding carboxylic acids is 2. The Balaban J connectivity index is 1.59. The van der Waals surface area contributed by atoms with E-state index in [4.69, 9.17) is 4.42 Å². The number of furan rings is 1. The number of benzene rings is 1. The number of nitrogens with one attached hydrogen (secondary N) is 3. The highest BCUT2D eigenvalue weighted by molar-refractivity contribution is 7.10. The third kappa shape index (κ3) is 4.48. The van der Waals surface area contributed by atoms with Crippen molar-refractivity contribution in [2.75, 3.05) is 10.6 Å². The number of hydrazone groups is 1. The molecule has 1 aromatic carbocycles.